The summed E-state index contributed by atoms with van der Waals surface area (Å²) in [6.45, 7) is 0. The van der Waals surface area contributed by atoms with Crippen LogP contribution in [0.2, 0.25) is 0 Å². The fourth-order valence-corrected chi connectivity index (χ4v) is 10.7. The minimum atomic E-state index is 0.414. The number of aromatic nitrogens is 4. The second-order valence-electron chi connectivity index (χ2n) is 16.1. The lowest BCUT2D eigenvalue weighted by atomic mass is 9.98. The Morgan fingerprint density at radius 1 is 0.339 bits per heavy atom. The summed E-state index contributed by atoms with van der Waals surface area (Å²) in [5.74, 6) is 0. The van der Waals surface area contributed by atoms with Crippen molar-refractivity contribution in [1.82, 2.24) is 18.3 Å². The SMILES string of the molecule is N#Cc1c(-n2c3ccccc3c3ccccc32)c(C#N)c(-n2c3ccccc3c3ccccc32)c(-n2c3c(c4ccccc42)C=CCC3)c1-n1c2ccccc2c2ccccc21. The molecular weight excluding hydrogens is 757 g/mol. The van der Waals surface area contributed by atoms with E-state index in [1.165, 1.54) is 0 Å². The highest BCUT2D eigenvalue weighted by atomic mass is 15.1. The van der Waals surface area contributed by atoms with E-state index in [1.54, 1.807) is 0 Å². The average molecular weight is 791 g/mol. The van der Waals surface area contributed by atoms with Crippen LogP contribution in [-0.2, 0) is 6.42 Å². The standard InChI is InChI=1S/C56H34N6/c57-33-43-53(59-45-25-9-1-17-35(45)36-18-2-10-26-46(36)59)44(34-58)55(61-49-29-13-5-21-39(49)40-22-6-14-30-50(40)61)56(62-51-31-15-7-23-41(51)42-24-8-16-32-52(42)62)54(43)60-47-27-11-3-19-37(47)38-20-4-12-28-48(38)60/h1-15,17-31H,16,32H2. The van der Waals surface area contributed by atoms with Crippen molar-refractivity contribution < 1.29 is 0 Å². The zero-order valence-electron chi connectivity index (χ0n) is 33.4. The van der Waals surface area contributed by atoms with E-state index in [4.69, 9.17) is 0 Å². The molecule has 0 aliphatic heterocycles. The number of allylic oxidation sites excluding steroid dienone is 1. The Labute approximate surface area is 355 Å². The first-order chi connectivity index (χ1) is 30.8. The van der Waals surface area contributed by atoms with Crippen LogP contribution in [0.15, 0.2) is 176 Å². The molecule has 13 rings (SSSR count). The maximum Gasteiger partial charge on any atom is 0.104 e. The second-order valence-corrected chi connectivity index (χ2v) is 16.1. The van der Waals surface area contributed by atoms with Gasteiger partial charge in [0.15, 0.2) is 0 Å². The van der Waals surface area contributed by atoms with Crippen LogP contribution >= 0.6 is 0 Å². The quantitative estimate of drug-likeness (QED) is 0.178. The normalized spacial score (nSPS) is 12.6. The number of rotatable bonds is 4. The molecule has 1 aliphatic carbocycles. The summed E-state index contributed by atoms with van der Waals surface area (Å²) in [6.07, 6.45) is 6.17. The summed E-state index contributed by atoms with van der Waals surface area (Å²) in [4.78, 5) is 0. The minimum absolute atomic E-state index is 0.414. The van der Waals surface area contributed by atoms with Gasteiger partial charge in [0.2, 0.25) is 0 Å². The highest BCUT2D eigenvalue weighted by molar-refractivity contribution is 6.14. The smallest absolute Gasteiger partial charge is 0.104 e. The van der Waals surface area contributed by atoms with Gasteiger partial charge in [-0.15, -0.1) is 0 Å². The van der Waals surface area contributed by atoms with Crippen LogP contribution in [0.5, 0.6) is 0 Å². The van der Waals surface area contributed by atoms with Crippen molar-refractivity contribution in [3.8, 4) is 34.9 Å². The highest BCUT2D eigenvalue weighted by Crippen LogP contribution is 2.49. The Morgan fingerprint density at radius 2 is 0.645 bits per heavy atom. The molecule has 4 aromatic heterocycles. The first kappa shape index (κ1) is 34.3. The number of benzene rings is 8. The van der Waals surface area contributed by atoms with Gasteiger partial charge in [0.25, 0.3) is 0 Å². The van der Waals surface area contributed by atoms with Crippen molar-refractivity contribution in [1.29, 1.82) is 10.5 Å². The number of hydrogen-bond donors (Lipinski definition) is 0. The maximum absolute atomic E-state index is 12.1. The number of fused-ring (bicyclic) bond motifs is 12. The predicted octanol–water partition coefficient (Wildman–Crippen LogP) is 13.6. The van der Waals surface area contributed by atoms with Crippen LogP contribution in [0.3, 0.4) is 0 Å². The van der Waals surface area contributed by atoms with Gasteiger partial charge in [0, 0.05) is 49.0 Å². The van der Waals surface area contributed by atoms with E-state index in [-0.39, 0.29) is 0 Å². The molecule has 0 saturated heterocycles. The molecule has 8 aromatic carbocycles. The van der Waals surface area contributed by atoms with Gasteiger partial charge in [-0.3, -0.25) is 0 Å². The first-order valence-corrected chi connectivity index (χ1v) is 21.1. The van der Waals surface area contributed by atoms with Crippen LogP contribution in [0.25, 0.3) is 105 Å². The van der Waals surface area contributed by atoms with Crippen LogP contribution in [-0.4, -0.2) is 18.3 Å². The molecule has 0 N–H and O–H groups in total. The molecule has 288 valence electrons. The molecular formula is C56H34N6. The minimum Gasteiger partial charge on any atom is -0.309 e. The summed E-state index contributed by atoms with van der Waals surface area (Å²) >= 11 is 0. The van der Waals surface area contributed by atoms with Gasteiger partial charge >= 0.3 is 0 Å². The highest BCUT2D eigenvalue weighted by Gasteiger charge is 2.35. The predicted molar refractivity (Wildman–Crippen MR) is 253 cm³/mol. The third kappa shape index (κ3) is 4.45. The van der Waals surface area contributed by atoms with Crippen molar-refractivity contribution in [3.63, 3.8) is 0 Å². The molecule has 0 spiro atoms. The zero-order valence-corrected chi connectivity index (χ0v) is 33.4. The van der Waals surface area contributed by atoms with Gasteiger partial charge < -0.3 is 18.3 Å². The topological polar surface area (TPSA) is 67.3 Å². The van der Waals surface area contributed by atoms with Crippen molar-refractivity contribution in [2.75, 3.05) is 0 Å². The fraction of sp³-hybridized carbons (Fsp3) is 0.0357. The van der Waals surface area contributed by atoms with Crippen LogP contribution < -0.4 is 0 Å². The van der Waals surface area contributed by atoms with E-state index in [1.807, 2.05) is 12.1 Å². The molecule has 6 heteroatoms. The molecule has 1 aliphatic rings. The Morgan fingerprint density at radius 3 is 1.00 bits per heavy atom. The molecule has 62 heavy (non-hydrogen) atoms. The Kier molecular flexibility index (Phi) is 7.17. The van der Waals surface area contributed by atoms with Crippen molar-refractivity contribution in [2.24, 2.45) is 0 Å². The number of para-hydroxylation sites is 7. The van der Waals surface area contributed by atoms with Crippen molar-refractivity contribution in [3.05, 3.63) is 198 Å². The van der Waals surface area contributed by atoms with E-state index < -0.39 is 0 Å². The maximum atomic E-state index is 12.1. The largest absolute Gasteiger partial charge is 0.309 e. The van der Waals surface area contributed by atoms with Gasteiger partial charge in [-0.2, -0.15) is 10.5 Å². The fourth-order valence-electron chi connectivity index (χ4n) is 10.7. The number of nitrogens with zero attached hydrogens (tertiary/aromatic N) is 6. The lowest BCUT2D eigenvalue weighted by Gasteiger charge is -2.28. The van der Waals surface area contributed by atoms with E-state index in [0.29, 0.717) is 16.8 Å². The van der Waals surface area contributed by atoms with Crippen LogP contribution in [0.4, 0.5) is 0 Å². The molecule has 0 unspecified atom stereocenters. The summed E-state index contributed by atoms with van der Waals surface area (Å²) in [5, 5.41) is 31.8. The zero-order chi connectivity index (χ0) is 41.1. The summed E-state index contributed by atoms with van der Waals surface area (Å²) in [6, 6.07) is 64.8. The third-order valence-electron chi connectivity index (χ3n) is 13.1. The molecule has 4 heterocycles. The van der Waals surface area contributed by atoms with Gasteiger partial charge in [-0.25, -0.2) is 0 Å². The lowest BCUT2D eigenvalue weighted by molar-refractivity contribution is 0.875. The van der Waals surface area contributed by atoms with Crippen molar-refractivity contribution in [2.45, 2.75) is 12.8 Å². The van der Waals surface area contributed by atoms with Crippen LogP contribution in [0, 0.1) is 22.7 Å². The molecule has 0 saturated carbocycles. The summed E-state index contributed by atoms with van der Waals surface area (Å²) < 4.78 is 9.16. The van der Waals surface area contributed by atoms with Crippen molar-refractivity contribution >= 4 is 82.4 Å². The molecule has 0 bridgehead atoms. The summed E-state index contributed by atoms with van der Waals surface area (Å²) in [5.41, 5.74) is 12.7. The molecule has 0 amide bonds. The van der Waals surface area contributed by atoms with E-state index in [0.717, 1.165) is 117 Å². The van der Waals surface area contributed by atoms with Gasteiger partial charge in [-0.05, 0) is 55.3 Å². The van der Waals surface area contributed by atoms with E-state index in [2.05, 4.69) is 200 Å². The van der Waals surface area contributed by atoms with E-state index in [9.17, 15) is 10.5 Å². The Bertz CT molecular complexity index is 3700. The summed E-state index contributed by atoms with van der Waals surface area (Å²) in [7, 11) is 0. The van der Waals surface area contributed by atoms with Gasteiger partial charge in [-0.1, -0.05) is 140 Å². The number of nitriles is 2. The molecule has 12 aromatic rings. The molecule has 6 nitrogen and oxygen atoms in total. The molecule has 0 fully saturated rings. The lowest BCUT2D eigenvalue weighted by Crippen LogP contribution is -2.18. The first-order valence-electron chi connectivity index (χ1n) is 21.1. The Hall–Kier alpha value is -8.58. The second kappa shape index (κ2) is 13.0. The number of hydrogen-bond acceptors (Lipinski definition) is 2. The van der Waals surface area contributed by atoms with E-state index >= 15 is 0 Å². The Balaban J connectivity index is 1.39. The molecule has 0 atom stereocenters. The third-order valence-corrected chi connectivity index (χ3v) is 13.1. The van der Waals surface area contributed by atoms with Gasteiger partial charge in [0.1, 0.15) is 23.3 Å². The average Bonchev–Trinajstić information content (AvgIpc) is 4.06. The monoisotopic (exact) mass is 790 g/mol. The van der Waals surface area contributed by atoms with Gasteiger partial charge in [0.05, 0.1) is 61.4 Å². The van der Waals surface area contributed by atoms with Crippen LogP contribution in [0.1, 0.15) is 28.8 Å². The molecule has 0 radical (unpaired) electrons.